The summed E-state index contributed by atoms with van der Waals surface area (Å²) < 4.78 is 13.6. The lowest BCUT2D eigenvalue weighted by atomic mass is 9.99. The minimum atomic E-state index is -0.558. The Kier molecular flexibility index (Phi) is 4.50. The van der Waals surface area contributed by atoms with Crippen molar-refractivity contribution in [2.75, 3.05) is 23.3 Å². The van der Waals surface area contributed by atoms with Crippen molar-refractivity contribution < 1.29 is 9.18 Å². The number of hydrogen-bond donors (Lipinski definition) is 1. The van der Waals surface area contributed by atoms with Gasteiger partial charge in [-0.2, -0.15) is 0 Å². The van der Waals surface area contributed by atoms with Gasteiger partial charge < -0.3 is 10.2 Å². The zero-order valence-corrected chi connectivity index (χ0v) is 13.0. The Hall–Kier alpha value is -2.50. The smallest absolute Gasteiger partial charge is 0.259 e. The molecule has 0 spiro atoms. The first-order valence-corrected chi connectivity index (χ1v) is 7.78. The van der Waals surface area contributed by atoms with Crippen molar-refractivity contribution in [2.24, 2.45) is 5.92 Å². The van der Waals surface area contributed by atoms with Crippen LogP contribution in [0.4, 0.5) is 16.0 Å². The van der Waals surface area contributed by atoms with Crippen LogP contribution in [-0.4, -0.2) is 29.2 Å². The predicted octanol–water partition coefficient (Wildman–Crippen LogP) is 3.10. The molecule has 0 bridgehead atoms. The van der Waals surface area contributed by atoms with Crippen molar-refractivity contribution in [3.05, 3.63) is 47.8 Å². The minimum Gasteiger partial charge on any atom is -0.355 e. The number of carbonyl (C=O) groups is 1. The zero-order chi connectivity index (χ0) is 16.2. The van der Waals surface area contributed by atoms with Crippen LogP contribution in [0.5, 0.6) is 0 Å². The molecule has 1 saturated heterocycles. The van der Waals surface area contributed by atoms with Crippen molar-refractivity contribution in [1.82, 2.24) is 10.2 Å². The molecule has 2 heterocycles. The third-order valence-electron chi connectivity index (χ3n) is 4.12. The summed E-state index contributed by atoms with van der Waals surface area (Å²) in [5.74, 6) is 0.778. The minimum absolute atomic E-state index is 0.0107. The number of amides is 1. The van der Waals surface area contributed by atoms with Crippen molar-refractivity contribution >= 4 is 17.5 Å². The number of carbonyl (C=O) groups excluding carboxylic acids is 1. The largest absolute Gasteiger partial charge is 0.355 e. The van der Waals surface area contributed by atoms with Crippen molar-refractivity contribution in [3.63, 3.8) is 0 Å². The normalized spacial score (nSPS) is 15.5. The Labute approximate surface area is 134 Å². The van der Waals surface area contributed by atoms with Crippen LogP contribution in [0.25, 0.3) is 0 Å². The van der Waals surface area contributed by atoms with Gasteiger partial charge in [0.25, 0.3) is 5.91 Å². The van der Waals surface area contributed by atoms with Crippen LogP contribution in [0, 0.1) is 11.7 Å². The van der Waals surface area contributed by atoms with Crippen LogP contribution < -0.4 is 10.2 Å². The molecule has 1 amide bonds. The van der Waals surface area contributed by atoms with Gasteiger partial charge in [0.15, 0.2) is 11.6 Å². The number of nitrogens with one attached hydrogen (secondary N) is 1. The van der Waals surface area contributed by atoms with E-state index in [1.165, 1.54) is 12.1 Å². The number of rotatable bonds is 3. The topological polar surface area (TPSA) is 58.1 Å². The highest BCUT2D eigenvalue weighted by molar-refractivity contribution is 6.03. The SMILES string of the molecule is CC1CCN(c2ccc(NC(=O)c3ccccc3F)nn2)CC1. The molecule has 0 aliphatic carbocycles. The molecule has 3 rings (SSSR count). The van der Waals surface area contributed by atoms with Gasteiger partial charge in [-0.3, -0.25) is 4.79 Å². The fraction of sp³-hybridized carbons (Fsp3) is 0.353. The van der Waals surface area contributed by atoms with Gasteiger partial charge >= 0.3 is 0 Å². The molecule has 23 heavy (non-hydrogen) atoms. The predicted molar refractivity (Wildman–Crippen MR) is 87.0 cm³/mol. The number of aromatic nitrogens is 2. The summed E-state index contributed by atoms with van der Waals surface area (Å²) >= 11 is 0. The fourth-order valence-electron chi connectivity index (χ4n) is 2.63. The lowest BCUT2D eigenvalue weighted by molar-refractivity contribution is 0.102. The van der Waals surface area contributed by atoms with Crippen LogP contribution in [0.1, 0.15) is 30.1 Å². The second kappa shape index (κ2) is 6.73. The maximum absolute atomic E-state index is 13.6. The molecular weight excluding hydrogens is 295 g/mol. The molecular formula is C17H19FN4O. The first-order valence-electron chi connectivity index (χ1n) is 7.78. The van der Waals surface area contributed by atoms with Crippen molar-refractivity contribution in [2.45, 2.75) is 19.8 Å². The monoisotopic (exact) mass is 314 g/mol. The van der Waals surface area contributed by atoms with E-state index in [2.05, 4.69) is 27.3 Å². The van der Waals surface area contributed by atoms with Gasteiger partial charge in [0.05, 0.1) is 5.56 Å². The quantitative estimate of drug-likeness (QED) is 0.946. The Balaban J connectivity index is 1.66. The number of anilines is 2. The molecule has 2 aromatic rings. The standard InChI is InChI=1S/C17H19FN4O/c1-12-8-10-22(11-9-12)16-7-6-15(20-21-16)19-17(23)13-4-2-3-5-14(13)18/h2-7,12H,8-11H2,1H3,(H,19,20,23). The van der Waals surface area contributed by atoms with Crippen LogP contribution in [-0.2, 0) is 0 Å². The molecule has 1 aromatic carbocycles. The molecule has 1 aliphatic heterocycles. The third kappa shape index (κ3) is 3.64. The molecule has 1 fully saturated rings. The second-order valence-electron chi connectivity index (χ2n) is 5.88. The van der Waals surface area contributed by atoms with Gasteiger partial charge in [-0.15, -0.1) is 10.2 Å². The number of benzene rings is 1. The highest BCUT2D eigenvalue weighted by atomic mass is 19.1. The van der Waals surface area contributed by atoms with E-state index in [9.17, 15) is 9.18 Å². The zero-order valence-electron chi connectivity index (χ0n) is 13.0. The third-order valence-corrected chi connectivity index (χ3v) is 4.12. The number of hydrogen-bond acceptors (Lipinski definition) is 4. The molecule has 120 valence electrons. The first-order chi connectivity index (χ1) is 11.1. The Morgan fingerprint density at radius 3 is 2.57 bits per heavy atom. The summed E-state index contributed by atoms with van der Waals surface area (Å²) in [6.45, 7) is 4.19. The average molecular weight is 314 g/mol. The fourth-order valence-corrected chi connectivity index (χ4v) is 2.63. The summed E-state index contributed by atoms with van der Waals surface area (Å²) in [6.07, 6.45) is 2.29. The van der Waals surface area contributed by atoms with E-state index >= 15 is 0 Å². The Morgan fingerprint density at radius 2 is 1.91 bits per heavy atom. The van der Waals surface area contributed by atoms with Gasteiger partial charge in [0.2, 0.25) is 0 Å². The van der Waals surface area contributed by atoms with E-state index < -0.39 is 11.7 Å². The molecule has 0 unspecified atom stereocenters. The molecule has 0 radical (unpaired) electrons. The highest BCUT2D eigenvalue weighted by Gasteiger charge is 2.17. The maximum Gasteiger partial charge on any atom is 0.259 e. The van der Waals surface area contributed by atoms with Crippen LogP contribution in [0.15, 0.2) is 36.4 Å². The number of nitrogens with zero attached hydrogens (tertiary/aromatic N) is 3. The van der Waals surface area contributed by atoms with E-state index in [-0.39, 0.29) is 5.56 Å². The van der Waals surface area contributed by atoms with Gasteiger partial charge in [-0.25, -0.2) is 4.39 Å². The molecule has 1 aromatic heterocycles. The van der Waals surface area contributed by atoms with Crippen LogP contribution >= 0.6 is 0 Å². The van der Waals surface area contributed by atoms with E-state index in [0.29, 0.717) is 5.82 Å². The molecule has 0 atom stereocenters. The summed E-state index contributed by atoms with van der Waals surface area (Å²) in [5.41, 5.74) is -0.0107. The van der Waals surface area contributed by atoms with E-state index in [0.717, 1.165) is 37.7 Å². The molecule has 1 N–H and O–H groups in total. The van der Waals surface area contributed by atoms with E-state index in [1.54, 1.807) is 18.2 Å². The number of piperidine rings is 1. The van der Waals surface area contributed by atoms with Crippen LogP contribution in [0.2, 0.25) is 0 Å². The summed E-state index contributed by atoms with van der Waals surface area (Å²) in [5, 5.41) is 10.8. The summed E-state index contributed by atoms with van der Waals surface area (Å²) in [4.78, 5) is 14.2. The average Bonchev–Trinajstić information content (AvgIpc) is 2.57. The van der Waals surface area contributed by atoms with Gasteiger partial charge in [-0.05, 0) is 43.0 Å². The molecule has 5 nitrogen and oxygen atoms in total. The van der Waals surface area contributed by atoms with Gasteiger partial charge in [0.1, 0.15) is 5.82 Å². The summed E-state index contributed by atoms with van der Waals surface area (Å²) in [7, 11) is 0. The van der Waals surface area contributed by atoms with E-state index in [4.69, 9.17) is 0 Å². The van der Waals surface area contributed by atoms with Crippen molar-refractivity contribution in [1.29, 1.82) is 0 Å². The number of halogens is 1. The van der Waals surface area contributed by atoms with Crippen LogP contribution in [0.3, 0.4) is 0 Å². The van der Waals surface area contributed by atoms with E-state index in [1.807, 2.05) is 6.07 Å². The highest BCUT2D eigenvalue weighted by Crippen LogP contribution is 2.21. The second-order valence-corrected chi connectivity index (χ2v) is 5.88. The molecule has 1 aliphatic rings. The lowest BCUT2D eigenvalue weighted by Gasteiger charge is -2.30. The molecule has 0 saturated carbocycles. The first kappa shape index (κ1) is 15.4. The molecule has 6 heteroatoms. The lowest BCUT2D eigenvalue weighted by Crippen LogP contribution is -2.33. The Morgan fingerprint density at radius 1 is 1.17 bits per heavy atom. The maximum atomic E-state index is 13.6. The Bertz CT molecular complexity index is 681. The summed E-state index contributed by atoms with van der Waals surface area (Å²) in [6, 6.07) is 9.37. The van der Waals surface area contributed by atoms with Gasteiger partial charge in [-0.1, -0.05) is 19.1 Å². The van der Waals surface area contributed by atoms with Crippen molar-refractivity contribution in [3.8, 4) is 0 Å². The van der Waals surface area contributed by atoms with Gasteiger partial charge in [0, 0.05) is 13.1 Å².